The summed E-state index contributed by atoms with van der Waals surface area (Å²) in [5, 5.41) is 3.40. The minimum absolute atomic E-state index is 0.286. The molecule has 0 spiro atoms. The van der Waals surface area contributed by atoms with Crippen molar-refractivity contribution >= 4 is 46.3 Å². The van der Waals surface area contributed by atoms with E-state index in [0.717, 1.165) is 5.52 Å². The van der Waals surface area contributed by atoms with Crippen LogP contribution in [0, 0.1) is 0 Å². The first kappa shape index (κ1) is 15.5. The van der Waals surface area contributed by atoms with Crippen molar-refractivity contribution in [2.75, 3.05) is 12.4 Å². The van der Waals surface area contributed by atoms with Gasteiger partial charge >= 0.3 is 6.09 Å². The van der Waals surface area contributed by atoms with Crippen molar-refractivity contribution in [2.24, 2.45) is 0 Å². The van der Waals surface area contributed by atoms with Crippen molar-refractivity contribution in [1.82, 2.24) is 9.97 Å². The number of hydrogen-bond acceptors (Lipinski definition) is 4. The van der Waals surface area contributed by atoms with Crippen LogP contribution in [-0.4, -0.2) is 23.2 Å². The molecule has 0 atom stereocenters. The number of amides is 1. The molecule has 0 aliphatic carbocycles. The first-order chi connectivity index (χ1) is 11.0. The maximum Gasteiger partial charge on any atom is 0.413 e. The summed E-state index contributed by atoms with van der Waals surface area (Å²) in [5.41, 5.74) is 1.37. The molecule has 0 unspecified atom stereocenters. The molecule has 118 valence electrons. The molecular weight excluding hydrogens is 341 g/mol. The highest BCUT2D eigenvalue weighted by Gasteiger charge is 2.09. The first-order valence-corrected chi connectivity index (χ1v) is 7.28. The molecular formula is C15H11Cl2N3O3. The van der Waals surface area contributed by atoms with E-state index in [2.05, 4.69) is 20.0 Å². The lowest BCUT2D eigenvalue weighted by Crippen LogP contribution is -2.11. The molecule has 3 rings (SSSR count). The van der Waals surface area contributed by atoms with Crippen LogP contribution in [0.5, 0.6) is 11.5 Å². The van der Waals surface area contributed by atoms with Crippen molar-refractivity contribution in [3.8, 4) is 11.5 Å². The SMILES string of the molecule is COC(=O)Nc1nc2cc(Oc3ccc(Cl)cc3Cl)ccc2[nH]1. The molecule has 0 saturated carbocycles. The van der Waals surface area contributed by atoms with Gasteiger partial charge in [0.25, 0.3) is 0 Å². The van der Waals surface area contributed by atoms with E-state index in [9.17, 15) is 4.79 Å². The summed E-state index contributed by atoms with van der Waals surface area (Å²) in [6, 6.07) is 10.2. The van der Waals surface area contributed by atoms with Crippen LogP contribution >= 0.6 is 23.2 Å². The number of nitrogens with zero attached hydrogens (tertiary/aromatic N) is 1. The Bertz CT molecular complexity index is 880. The van der Waals surface area contributed by atoms with Crippen LogP contribution in [0.15, 0.2) is 36.4 Å². The number of ether oxygens (including phenoxy) is 2. The maximum atomic E-state index is 11.2. The van der Waals surface area contributed by atoms with Crippen LogP contribution in [0.2, 0.25) is 10.0 Å². The molecule has 0 radical (unpaired) electrons. The molecule has 2 aromatic carbocycles. The van der Waals surface area contributed by atoms with Gasteiger partial charge in [0.1, 0.15) is 11.5 Å². The zero-order valence-corrected chi connectivity index (χ0v) is 13.4. The number of imidazole rings is 1. The summed E-state index contributed by atoms with van der Waals surface area (Å²) in [7, 11) is 1.28. The lowest BCUT2D eigenvalue weighted by atomic mass is 10.3. The number of halogens is 2. The van der Waals surface area contributed by atoms with Crippen molar-refractivity contribution < 1.29 is 14.3 Å². The van der Waals surface area contributed by atoms with Crippen LogP contribution < -0.4 is 10.1 Å². The Balaban J connectivity index is 1.86. The highest BCUT2D eigenvalue weighted by Crippen LogP contribution is 2.32. The van der Waals surface area contributed by atoms with Gasteiger partial charge in [-0.05, 0) is 30.3 Å². The Labute approximate surface area is 141 Å². The van der Waals surface area contributed by atoms with E-state index < -0.39 is 6.09 Å². The molecule has 6 nitrogen and oxygen atoms in total. The summed E-state index contributed by atoms with van der Waals surface area (Å²) in [4.78, 5) is 18.4. The number of carbonyl (C=O) groups is 1. The number of aromatic amines is 1. The fraction of sp³-hybridized carbons (Fsp3) is 0.0667. The predicted octanol–water partition coefficient (Wildman–Crippen LogP) is 4.84. The lowest BCUT2D eigenvalue weighted by Gasteiger charge is -2.07. The number of fused-ring (bicyclic) bond motifs is 1. The van der Waals surface area contributed by atoms with Crippen molar-refractivity contribution in [1.29, 1.82) is 0 Å². The van der Waals surface area contributed by atoms with Crippen LogP contribution in [0.3, 0.4) is 0 Å². The van der Waals surface area contributed by atoms with E-state index in [4.69, 9.17) is 27.9 Å². The Kier molecular flexibility index (Phi) is 4.27. The molecule has 2 N–H and O–H groups in total. The Morgan fingerprint density at radius 3 is 2.78 bits per heavy atom. The fourth-order valence-corrected chi connectivity index (χ4v) is 2.39. The third-order valence-corrected chi connectivity index (χ3v) is 3.51. The van der Waals surface area contributed by atoms with E-state index in [-0.39, 0.29) is 5.95 Å². The van der Waals surface area contributed by atoms with Gasteiger partial charge in [-0.3, -0.25) is 5.32 Å². The summed E-state index contributed by atoms with van der Waals surface area (Å²) in [6.07, 6.45) is -0.603. The standard InChI is InChI=1S/C15H11Cl2N3O3/c1-22-15(21)20-14-18-11-4-3-9(7-12(11)19-14)23-13-5-2-8(16)6-10(13)17/h2-7H,1H3,(H2,18,19,20,21). The quantitative estimate of drug-likeness (QED) is 0.707. The first-order valence-electron chi connectivity index (χ1n) is 6.53. The summed E-state index contributed by atoms with van der Waals surface area (Å²) in [5.74, 6) is 1.32. The minimum Gasteiger partial charge on any atom is -0.456 e. The van der Waals surface area contributed by atoms with Gasteiger partial charge in [0.2, 0.25) is 5.95 Å². The van der Waals surface area contributed by atoms with E-state index in [0.29, 0.717) is 27.1 Å². The van der Waals surface area contributed by atoms with Gasteiger partial charge in [-0.2, -0.15) is 0 Å². The smallest absolute Gasteiger partial charge is 0.413 e. The fourth-order valence-electron chi connectivity index (χ4n) is 1.94. The molecule has 23 heavy (non-hydrogen) atoms. The maximum absolute atomic E-state index is 11.2. The Morgan fingerprint density at radius 2 is 2.04 bits per heavy atom. The van der Waals surface area contributed by atoms with E-state index in [1.165, 1.54) is 7.11 Å². The largest absolute Gasteiger partial charge is 0.456 e. The molecule has 0 bridgehead atoms. The van der Waals surface area contributed by atoms with Gasteiger partial charge in [-0.25, -0.2) is 9.78 Å². The number of anilines is 1. The number of H-pyrrole nitrogens is 1. The number of nitrogens with one attached hydrogen (secondary N) is 2. The number of carbonyl (C=O) groups excluding carboxylic acids is 1. The zero-order chi connectivity index (χ0) is 16.4. The predicted molar refractivity (Wildman–Crippen MR) is 88.7 cm³/mol. The summed E-state index contributed by atoms with van der Waals surface area (Å²) >= 11 is 11.9. The van der Waals surface area contributed by atoms with Gasteiger partial charge < -0.3 is 14.5 Å². The van der Waals surface area contributed by atoms with Gasteiger partial charge in [-0.1, -0.05) is 23.2 Å². The Hall–Kier alpha value is -2.44. The van der Waals surface area contributed by atoms with Crippen molar-refractivity contribution in [3.63, 3.8) is 0 Å². The van der Waals surface area contributed by atoms with Gasteiger partial charge in [-0.15, -0.1) is 0 Å². The zero-order valence-electron chi connectivity index (χ0n) is 11.9. The summed E-state index contributed by atoms with van der Waals surface area (Å²) < 4.78 is 10.2. The number of benzene rings is 2. The second-order valence-corrected chi connectivity index (χ2v) is 5.40. The van der Waals surface area contributed by atoms with Crippen molar-refractivity contribution in [2.45, 2.75) is 0 Å². The Morgan fingerprint density at radius 1 is 1.22 bits per heavy atom. The van der Waals surface area contributed by atoms with Crippen LogP contribution in [0.4, 0.5) is 10.7 Å². The van der Waals surface area contributed by atoms with Crippen molar-refractivity contribution in [3.05, 3.63) is 46.4 Å². The van der Waals surface area contributed by atoms with E-state index in [1.54, 1.807) is 36.4 Å². The number of aromatic nitrogens is 2. The second-order valence-electron chi connectivity index (χ2n) is 4.56. The minimum atomic E-state index is -0.603. The molecule has 0 saturated heterocycles. The topological polar surface area (TPSA) is 76.2 Å². The average Bonchev–Trinajstić information content (AvgIpc) is 2.91. The molecule has 0 aliphatic heterocycles. The third kappa shape index (κ3) is 3.49. The highest BCUT2D eigenvalue weighted by atomic mass is 35.5. The number of methoxy groups -OCH3 is 1. The second kappa shape index (κ2) is 6.36. The summed E-state index contributed by atoms with van der Waals surface area (Å²) in [6.45, 7) is 0. The van der Waals surface area contributed by atoms with Gasteiger partial charge in [0, 0.05) is 11.1 Å². The molecule has 1 aromatic heterocycles. The number of hydrogen-bond donors (Lipinski definition) is 2. The van der Waals surface area contributed by atoms with E-state index >= 15 is 0 Å². The van der Waals surface area contributed by atoms with Gasteiger partial charge in [0.15, 0.2) is 0 Å². The molecule has 1 heterocycles. The monoisotopic (exact) mass is 351 g/mol. The highest BCUT2D eigenvalue weighted by molar-refractivity contribution is 6.35. The van der Waals surface area contributed by atoms with E-state index in [1.807, 2.05) is 0 Å². The molecule has 3 aromatic rings. The van der Waals surface area contributed by atoms with Crippen LogP contribution in [0.1, 0.15) is 0 Å². The average molecular weight is 352 g/mol. The lowest BCUT2D eigenvalue weighted by molar-refractivity contribution is 0.186. The third-order valence-electron chi connectivity index (χ3n) is 2.98. The normalized spacial score (nSPS) is 10.6. The molecule has 1 amide bonds. The van der Waals surface area contributed by atoms with Gasteiger partial charge in [0.05, 0.1) is 23.2 Å². The molecule has 8 heteroatoms. The van der Waals surface area contributed by atoms with Crippen LogP contribution in [0.25, 0.3) is 11.0 Å². The molecule has 0 aliphatic rings. The number of rotatable bonds is 3. The van der Waals surface area contributed by atoms with Crippen LogP contribution in [-0.2, 0) is 4.74 Å². The molecule has 0 fully saturated rings.